The number of rotatable bonds is 4. The van der Waals surface area contributed by atoms with Crippen molar-refractivity contribution in [3.8, 4) is 11.5 Å². The Morgan fingerprint density at radius 2 is 2.00 bits per heavy atom. The lowest BCUT2D eigenvalue weighted by molar-refractivity contribution is 0.0783. The van der Waals surface area contributed by atoms with Crippen LogP contribution in [0.1, 0.15) is 52.5 Å². The van der Waals surface area contributed by atoms with E-state index in [-0.39, 0.29) is 11.8 Å². The number of ether oxygens (including phenoxy) is 2. The van der Waals surface area contributed by atoms with Gasteiger partial charge in [-0.1, -0.05) is 0 Å². The molecule has 1 fully saturated rings. The van der Waals surface area contributed by atoms with E-state index in [1.807, 2.05) is 34.8 Å². The number of benzene rings is 1. The fourth-order valence-electron chi connectivity index (χ4n) is 4.45. The first-order valence-corrected chi connectivity index (χ1v) is 9.68. The summed E-state index contributed by atoms with van der Waals surface area (Å²) in [6.07, 6.45) is 5.23. The van der Waals surface area contributed by atoms with Crippen molar-refractivity contribution in [3.63, 3.8) is 0 Å². The first-order chi connectivity index (χ1) is 13.1. The second-order valence-corrected chi connectivity index (χ2v) is 7.45. The number of aromatic nitrogens is 2. The van der Waals surface area contributed by atoms with Gasteiger partial charge >= 0.3 is 0 Å². The number of carbonyl (C=O) groups excluding carboxylic acids is 1. The molecule has 1 aromatic heterocycles. The largest absolute Gasteiger partial charge is 0.497 e. The Bertz CT molecular complexity index is 859. The SMILES string of the molecule is COc1ccc(OC)c(C2CCN(C(=O)c3nn(C)c4c3CCCC4)C2)c1. The van der Waals surface area contributed by atoms with Gasteiger partial charge in [0.25, 0.3) is 5.91 Å². The van der Waals surface area contributed by atoms with Gasteiger partial charge in [-0.15, -0.1) is 0 Å². The van der Waals surface area contributed by atoms with Crippen LogP contribution < -0.4 is 9.47 Å². The van der Waals surface area contributed by atoms with Crippen LogP contribution >= 0.6 is 0 Å². The van der Waals surface area contributed by atoms with Gasteiger partial charge < -0.3 is 14.4 Å². The van der Waals surface area contributed by atoms with Gasteiger partial charge in [0.2, 0.25) is 0 Å². The predicted octanol–water partition coefficient (Wildman–Crippen LogP) is 2.95. The summed E-state index contributed by atoms with van der Waals surface area (Å²) >= 11 is 0. The van der Waals surface area contributed by atoms with Crippen molar-refractivity contribution in [2.75, 3.05) is 27.3 Å². The summed E-state index contributed by atoms with van der Waals surface area (Å²) < 4.78 is 12.8. The van der Waals surface area contributed by atoms with Gasteiger partial charge in [0.05, 0.1) is 14.2 Å². The number of fused-ring (bicyclic) bond motifs is 1. The van der Waals surface area contributed by atoms with Crippen LogP contribution in [0.3, 0.4) is 0 Å². The van der Waals surface area contributed by atoms with Crippen LogP contribution in [0.25, 0.3) is 0 Å². The third-order valence-electron chi connectivity index (χ3n) is 5.92. The lowest BCUT2D eigenvalue weighted by atomic mass is 9.95. The maximum Gasteiger partial charge on any atom is 0.274 e. The molecule has 6 nitrogen and oxygen atoms in total. The molecule has 0 saturated carbocycles. The molecule has 6 heteroatoms. The third-order valence-corrected chi connectivity index (χ3v) is 5.92. The molecule has 1 unspecified atom stereocenters. The molecule has 2 heterocycles. The summed E-state index contributed by atoms with van der Waals surface area (Å²) in [5.41, 5.74) is 4.16. The van der Waals surface area contributed by atoms with Crippen molar-refractivity contribution in [1.29, 1.82) is 0 Å². The van der Waals surface area contributed by atoms with Gasteiger partial charge in [0, 0.05) is 42.9 Å². The number of carbonyl (C=O) groups is 1. The number of aryl methyl sites for hydroxylation is 1. The number of likely N-dealkylation sites (tertiary alicyclic amines) is 1. The molecule has 1 aliphatic heterocycles. The van der Waals surface area contributed by atoms with Crippen molar-refractivity contribution in [2.45, 2.75) is 38.0 Å². The van der Waals surface area contributed by atoms with E-state index in [0.717, 1.165) is 54.9 Å². The molecule has 27 heavy (non-hydrogen) atoms. The Kier molecular flexibility index (Phi) is 4.81. The molecule has 1 atom stereocenters. The van der Waals surface area contributed by atoms with Crippen LogP contribution in [0.2, 0.25) is 0 Å². The highest BCUT2D eigenvalue weighted by atomic mass is 16.5. The first-order valence-electron chi connectivity index (χ1n) is 9.68. The quantitative estimate of drug-likeness (QED) is 0.831. The zero-order valence-electron chi connectivity index (χ0n) is 16.3. The van der Waals surface area contributed by atoms with Crippen LogP contribution in [0, 0.1) is 0 Å². The lowest BCUT2D eigenvalue weighted by Crippen LogP contribution is -2.30. The second kappa shape index (κ2) is 7.25. The van der Waals surface area contributed by atoms with Crippen LogP contribution in [0.4, 0.5) is 0 Å². The summed E-state index contributed by atoms with van der Waals surface area (Å²) in [4.78, 5) is 15.1. The minimum absolute atomic E-state index is 0.0677. The molecule has 144 valence electrons. The highest BCUT2D eigenvalue weighted by Crippen LogP contribution is 2.36. The molecule has 0 spiro atoms. The van der Waals surface area contributed by atoms with E-state index in [0.29, 0.717) is 12.2 Å². The minimum Gasteiger partial charge on any atom is -0.497 e. The zero-order chi connectivity index (χ0) is 19.0. The summed E-state index contributed by atoms with van der Waals surface area (Å²) in [5, 5.41) is 4.58. The lowest BCUT2D eigenvalue weighted by Gasteiger charge is -2.19. The van der Waals surface area contributed by atoms with E-state index in [2.05, 4.69) is 5.10 Å². The minimum atomic E-state index is 0.0677. The summed E-state index contributed by atoms with van der Waals surface area (Å²) in [5.74, 6) is 1.98. The Morgan fingerprint density at radius 3 is 2.78 bits per heavy atom. The van der Waals surface area contributed by atoms with Crippen molar-refractivity contribution < 1.29 is 14.3 Å². The second-order valence-electron chi connectivity index (χ2n) is 7.45. The van der Waals surface area contributed by atoms with Gasteiger partial charge in [0.15, 0.2) is 5.69 Å². The number of methoxy groups -OCH3 is 2. The number of hydrogen-bond donors (Lipinski definition) is 0. The monoisotopic (exact) mass is 369 g/mol. The smallest absolute Gasteiger partial charge is 0.274 e. The highest BCUT2D eigenvalue weighted by Gasteiger charge is 2.33. The summed E-state index contributed by atoms with van der Waals surface area (Å²) in [6, 6.07) is 5.87. The fourth-order valence-corrected chi connectivity index (χ4v) is 4.45. The van der Waals surface area contributed by atoms with Crippen molar-refractivity contribution in [2.24, 2.45) is 7.05 Å². The Morgan fingerprint density at radius 1 is 1.19 bits per heavy atom. The van der Waals surface area contributed by atoms with E-state index in [9.17, 15) is 4.79 Å². The first kappa shape index (κ1) is 17.9. The van der Waals surface area contributed by atoms with Crippen molar-refractivity contribution >= 4 is 5.91 Å². The van der Waals surface area contributed by atoms with Crippen LogP contribution in [-0.2, 0) is 19.9 Å². The zero-order valence-corrected chi connectivity index (χ0v) is 16.3. The third kappa shape index (κ3) is 3.17. The normalized spacial score (nSPS) is 19.1. The fraction of sp³-hybridized carbons (Fsp3) is 0.524. The van der Waals surface area contributed by atoms with Crippen molar-refractivity contribution in [1.82, 2.24) is 14.7 Å². The summed E-state index contributed by atoms with van der Waals surface area (Å²) in [7, 11) is 5.30. The number of amides is 1. The van der Waals surface area contributed by atoms with E-state index < -0.39 is 0 Å². The molecule has 1 amide bonds. The molecule has 0 N–H and O–H groups in total. The van der Waals surface area contributed by atoms with E-state index >= 15 is 0 Å². The average molecular weight is 369 g/mol. The topological polar surface area (TPSA) is 56.6 Å². The van der Waals surface area contributed by atoms with Crippen LogP contribution in [0.15, 0.2) is 18.2 Å². The van der Waals surface area contributed by atoms with Gasteiger partial charge in [-0.05, 0) is 50.3 Å². The highest BCUT2D eigenvalue weighted by molar-refractivity contribution is 5.94. The van der Waals surface area contributed by atoms with Gasteiger partial charge in [-0.2, -0.15) is 5.10 Å². The molecular formula is C21H27N3O3. The molecule has 2 aliphatic rings. The van der Waals surface area contributed by atoms with Crippen LogP contribution in [-0.4, -0.2) is 47.9 Å². The van der Waals surface area contributed by atoms with Crippen LogP contribution in [0.5, 0.6) is 11.5 Å². The Balaban J connectivity index is 1.56. The van der Waals surface area contributed by atoms with Crippen molar-refractivity contribution in [3.05, 3.63) is 40.7 Å². The Labute approximate surface area is 160 Å². The molecule has 0 radical (unpaired) electrons. The summed E-state index contributed by atoms with van der Waals surface area (Å²) in [6.45, 7) is 1.43. The Hall–Kier alpha value is -2.50. The molecule has 0 bridgehead atoms. The van der Waals surface area contributed by atoms with Gasteiger partial charge in [-0.25, -0.2) is 0 Å². The molecular weight excluding hydrogens is 342 g/mol. The maximum atomic E-state index is 13.2. The standard InChI is InChI=1S/C21H27N3O3/c1-23-18-7-5-4-6-16(18)20(22-23)21(25)24-11-10-14(13-24)17-12-15(26-2)8-9-19(17)27-3/h8-9,12,14H,4-7,10-11,13H2,1-3H3. The van der Waals surface area contributed by atoms with Gasteiger partial charge in [0.1, 0.15) is 11.5 Å². The predicted molar refractivity (Wildman–Crippen MR) is 103 cm³/mol. The van der Waals surface area contributed by atoms with E-state index in [4.69, 9.17) is 9.47 Å². The number of hydrogen-bond acceptors (Lipinski definition) is 4. The molecule has 1 aliphatic carbocycles. The van der Waals surface area contributed by atoms with E-state index in [1.54, 1.807) is 14.2 Å². The molecule has 2 aromatic rings. The maximum absolute atomic E-state index is 13.2. The molecule has 1 saturated heterocycles. The van der Waals surface area contributed by atoms with E-state index in [1.165, 1.54) is 12.1 Å². The average Bonchev–Trinajstić information content (AvgIpc) is 3.32. The van der Waals surface area contributed by atoms with Gasteiger partial charge in [-0.3, -0.25) is 9.48 Å². The molecule has 4 rings (SSSR count). The molecule has 1 aromatic carbocycles. The number of nitrogens with zero attached hydrogens (tertiary/aromatic N) is 3.